The van der Waals surface area contributed by atoms with Gasteiger partial charge in [0.2, 0.25) is 0 Å². The van der Waals surface area contributed by atoms with Crippen LogP contribution in [-0.4, -0.2) is 46.8 Å². The lowest BCUT2D eigenvalue weighted by Crippen LogP contribution is -2.45. The largest absolute Gasteiger partial charge is 0.357 e. The molecule has 0 spiro atoms. The second-order valence-electron chi connectivity index (χ2n) is 7.66. The highest BCUT2D eigenvalue weighted by Crippen LogP contribution is 2.25. The molecule has 1 aromatic rings. The molecular formula is C19H29N5O2. The maximum absolute atomic E-state index is 12.3. The highest BCUT2D eigenvalue weighted by Gasteiger charge is 2.26. The van der Waals surface area contributed by atoms with Gasteiger partial charge in [0.15, 0.2) is 5.56 Å². The van der Waals surface area contributed by atoms with E-state index in [1.165, 1.54) is 50.4 Å². The van der Waals surface area contributed by atoms with E-state index in [1.54, 1.807) is 7.05 Å². The normalized spacial score (nSPS) is 20.0. The minimum absolute atomic E-state index is 0.0700. The van der Waals surface area contributed by atoms with Gasteiger partial charge in [-0.25, -0.2) is 4.79 Å². The smallest absolute Gasteiger partial charge is 0.332 e. The summed E-state index contributed by atoms with van der Waals surface area (Å²) in [7, 11) is 3.06. The lowest BCUT2D eigenvalue weighted by Gasteiger charge is -2.36. The second kappa shape index (κ2) is 8.09. The van der Waals surface area contributed by atoms with Crippen LogP contribution in [0.15, 0.2) is 9.59 Å². The van der Waals surface area contributed by atoms with Gasteiger partial charge in [0.1, 0.15) is 11.9 Å². The van der Waals surface area contributed by atoms with Gasteiger partial charge in [0.05, 0.1) is 0 Å². The van der Waals surface area contributed by atoms with Gasteiger partial charge >= 0.3 is 5.69 Å². The molecule has 2 saturated heterocycles. The topological polar surface area (TPSA) is 74.3 Å². The summed E-state index contributed by atoms with van der Waals surface area (Å²) in [5, 5.41) is 9.45. The van der Waals surface area contributed by atoms with Crippen molar-refractivity contribution < 1.29 is 0 Å². The molecule has 0 unspecified atom stereocenters. The standard InChI is InChI=1S/C19H29N5O2/c1-21-17(16(13-20)18(25)22(2)19(21)26)24-11-7-15(8-12-24)14-23-9-5-3-4-6-10-23/h15H,3-12,14H2,1-2H3. The third kappa shape index (κ3) is 3.70. The van der Waals surface area contributed by atoms with Gasteiger partial charge < -0.3 is 9.80 Å². The van der Waals surface area contributed by atoms with Gasteiger partial charge in [-0.3, -0.25) is 13.9 Å². The van der Waals surface area contributed by atoms with Crippen molar-refractivity contribution in [2.45, 2.75) is 38.5 Å². The SMILES string of the molecule is Cn1c(N2CCC(CN3CCCCCC3)CC2)c(C#N)c(=O)n(C)c1=O. The number of rotatable bonds is 3. The van der Waals surface area contributed by atoms with Gasteiger partial charge in [0.25, 0.3) is 5.56 Å². The Morgan fingerprint density at radius 3 is 2.15 bits per heavy atom. The molecule has 0 radical (unpaired) electrons. The summed E-state index contributed by atoms with van der Waals surface area (Å²) in [6, 6.07) is 2.01. The van der Waals surface area contributed by atoms with Crippen molar-refractivity contribution in [2.75, 3.05) is 37.6 Å². The van der Waals surface area contributed by atoms with Crippen molar-refractivity contribution >= 4 is 5.82 Å². The van der Waals surface area contributed by atoms with E-state index in [0.717, 1.165) is 37.0 Å². The van der Waals surface area contributed by atoms with Crippen LogP contribution in [0.3, 0.4) is 0 Å². The predicted octanol–water partition coefficient (Wildman–Crippen LogP) is 1.05. The fourth-order valence-electron chi connectivity index (χ4n) is 4.31. The average molecular weight is 359 g/mol. The summed E-state index contributed by atoms with van der Waals surface area (Å²) in [5.74, 6) is 1.13. The molecule has 0 saturated carbocycles. The van der Waals surface area contributed by atoms with E-state index in [4.69, 9.17) is 0 Å². The van der Waals surface area contributed by atoms with Crippen molar-refractivity contribution in [3.05, 3.63) is 26.4 Å². The lowest BCUT2D eigenvalue weighted by atomic mass is 9.95. The molecule has 142 valence electrons. The monoisotopic (exact) mass is 359 g/mol. The van der Waals surface area contributed by atoms with Gasteiger partial charge in [-0.05, 0) is 44.7 Å². The van der Waals surface area contributed by atoms with Crippen LogP contribution >= 0.6 is 0 Å². The molecule has 0 aliphatic carbocycles. The van der Waals surface area contributed by atoms with E-state index in [-0.39, 0.29) is 11.3 Å². The molecule has 1 aromatic heterocycles. The number of nitrogens with zero attached hydrogens (tertiary/aromatic N) is 5. The molecule has 2 aliphatic heterocycles. The molecule has 0 amide bonds. The number of nitriles is 1. The summed E-state index contributed by atoms with van der Waals surface area (Å²) >= 11 is 0. The highest BCUT2D eigenvalue weighted by molar-refractivity contribution is 5.53. The first-order chi connectivity index (χ1) is 12.5. The number of hydrogen-bond donors (Lipinski definition) is 0. The molecule has 2 fully saturated rings. The quantitative estimate of drug-likeness (QED) is 0.806. The molecule has 3 rings (SSSR count). The van der Waals surface area contributed by atoms with Crippen LogP contribution in [0.1, 0.15) is 44.1 Å². The van der Waals surface area contributed by atoms with Gasteiger partial charge in [-0.2, -0.15) is 5.26 Å². The first-order valence-corrected chi connectivity index (χ1v) is 9.70. The van der Waals surface area contributed by atoms with Gasteiger partial charge in [0, 0.05) is 33.7 Å². The Labute approximate surface area is 154 Å². The Morgan fingerprint density at radius 1 is 0.962 bits per heavy atom. The van der Waals surface area contributed by atoms with Crippen molar-refractivity contribution in [3.8, 4) is 6.07 Å². The van der Waals surface area contributed by atoms with Gasteiger partial charge in [-0.1, -0.05) is 12.8 Å². The summed E-state index contributed by atoms with van der Waals surface area (Å²) in [5.41, 5.74) is -0.812. The zero-order valence-corrected chi connectivity index (χ0v) is 15.9. The maximum Gasteiger partial charge on any atom is 0.332 e. The minimum atomic E-state index is -0.503. The first-order valence-electron chi connectivity index (χ1n) is 9.70. The number of hydrogen-bond acceptors (Lipinski definition) is 5. The Bertz CT molecular complexity index is 788. The highest BCUT2D eigenvalue weighted by atomic mass is 16.2. The maximum atomic E-state index is 12.3. The second-order valence-corrected chi connectivity index (χ2v) is 7.66. The number of anilines is 1. The molecule has 0 N–H and O–H groups in total. The van der Waals surface area contributed by atoms with E-state index in [9.17, 15) is 14.9 Å². The van der Waals surface area contributed by atoms with Crippen LogP contribution in [0, 0.1) is 17.2 Å². The van der Waals surface area contributed by atoms with E-state index in [0.29, 0.717) is 11.7 Å². The molecule has 0 bridgehead atoms. The summed E-state index contributed by atoms with van der Waals surface area (Å²) in [6.45, 7) is 5.14. The lowest BCUT2D eigenvalue weighted by molar-refractivity contribution is 0.217. The number of piperidine rings is 1. The minimum Gasteiger partial charge on any atom is -0.357 e. The van der Waals surface area contributed by atoms with Crippen molar-refractivity contribution in [1.29, 1.82) is 5.26 Å². The third-order valence-corrected chi connectivity index (χ3v) is 5.87. The Morgan fingerprint density at radius 2 is 1.58 bits per heavy atom. The number of likely N-dealkylation sites (tertiary alicyclic amines) is 1. The van der Waals surface area contributed by atoms with E-state index >= 15 is 0 Å². The fraction of sp³-hybridized carbons (Fsp3) is 0.737. The molecule has 0 aromatic carbocycles. The molecule has 7 nitrogen and oxygen atoms in total. The van der Waals surface area contributed by atoms with Crippen LogP contribution < -0.4 is 16.1 Å². The first kappa shape index (κ1) is 18.7. The van der Waals surface area contributed by atoms with E-state index < -0.39 is 5.56 Å². The van der Waals surface area contributed by atoms with Crippen molar-refractivity contribution in [2.24, 2.45) is 20.0 Å². The van der Waals surface area contributed by atoms with Gasteiger partial charge in [-0.15, -0.1) is 0 Å². The van der Waals surface area contributed by atoms with Crippen LogP contribution in [0.5, 0.6) is 0 Å². The zero-order valence-electron chi connectivity index (χ0n) is 15.9. The third-order valence-electron chi connectivity index (χ3n) is 5.87. The Kier molecular flexibility index (Phi) is 5.82. The molecule has 7 heteroatoms. The predicted molar refractivity (Wildman–Crippen MR) is 101 cm³/mol. The van der Waals surface area contributed by atoms with Crippen LogP contribution in [0.25, 0.3) is 0 Å². The van der Waals surface area contributed by atoms with Crippen molar-refractivity contribution in [1.82, 2.24) is 14.0 Å². The summed E-state index contributed by atoms with van der Waals surface area (Å²) in [4.78, 5) is 29.2. The number of aromatic nitrogens is 2. The molecule has 3 heterocycles. The van der Waals surface area contributed by atoms with Crippen LogP contribution in [0.4, 0.5) is 5.82 Å². The Balaban J connectivity index is 1.71. The van der Waals surface area contributed by atoms with E-state index in [2.05, 4.69) is 4.90 Å². The molecule has 2 aliphatic rings. The molecule has 26 heavy (non-hydrogen) atoms. The van der Waals surface area contributed by atoms with Crippen LogP contribution in [0.2, 0.25) is 0 Å². The van der Waals surface area contributed by atoms with Crippen molar-refractivity contribution in [3.63, 3.8) is 0 Å². The fourth-order valence-corrected chi connectivity index (χ4v) is 4.31. The zero-order chi connectivity index (χ0) is 18.7. The summed E-state index contributed by atoms with van der Waals surface area (Å²) < 4.78 is 2.45. The van der Waals surface area contributed by atoms with E-state index in [1.807, 2.05) is 11.0 Å². The van der Waals surface area contributed by atoms with Crippen LogP contribution in [-0.2, 0) is 14.1 Å². The average Bonchev–Trinajstić information content (AvgIpc) is 2.92. The summed E-state index contributed by atoms with van der Waals surface area (Å²) in [6.07, 6.45) is 7.38. The molecule has 0 atom stereocenters. The Hall–Kier alpha value is -2.07. The molecular weight excluding hydrogens is 330 g/mol.